The van der Waals surface area contributed by atoms with Gasteiger partial charge in [0.15, 0.2) is 0 Å². The van der Waals surface area contributed by atoms with Crippen LogP contribution in [0.3, 0.4) is 0 Å². The molecule has 3 fully saturated rings. The number of aliphatic hydroxyl groups is 3. The monoisotopic (exact) mass is 612 g/mol. The molecule has 9 heteroatoms. The Morgan fingerprint density at radius 3 is 0.718 bits per heavy atom. The van der Waals surface area contributed by atoms with E-state index in [-0.39, 0.29) is 40.0 Å². The molecule has 0 spiro atoms. The summed E-state index contributed by atoms with van der Waals surface area (Å²) in [4.78, 5) is 10.5. The van der Waals surface area contributed by atoms with Crippen LogP contribution in [-0.4, -0.2) is 64.3 Å². The van der Waals surface area contributed by atoms with E-state index in [4.69, 9.17) is 28.6 Å². The molecule has 0 radical (unpaired) electrons. The average Bonchev–Trinajstić information content (AvgIpc) is 2.72. The number of rotatable bonds is 3. The molecule has 7 nitrogen and oxygen atoms in total. The molecule has 0 bridgehead atoms. The van der Waals surface area contributed by atoms with Crippen molar-refractivity contribution in [3.63, 3.8) is 0 Å². The van der Waals surface area contributed by atoms with Crippen LogP contribution in [0.4, 0.5) is 0 Å². The first-order valence-electron chi connectivity index (χ1n) is 15.2. The topological polar surface area (TPSA) is 109 Å². The van der Waals surface area contributed by atoms with Crippen LogP contribution in [0.5, 0.6) is 0 Å². The third-order valence-corrected chi connectivity index (χ3v) is 8.64. The van der Waals surface area contributed by atoms with Gasteiger partial charge in [-0.15, -0.1) is 0 Å². The van der Waals surface area contributed by atoms with E-state index in [2.05, 4.69) is 0 Å². The average molecular weight is 613 g/mol. The SMILES string of the molecule is CC(C)(C)O[Si](O)(OC(C)(C)C)OC(C)(C)C.OC1CCCCC1.OC1CCCCC1.OC1CCCCC1.[Ti]. The number of aliphatic hydroxyl groups excluding tert-OH is 3. The van der Waals surface area contributed by atoms with Gasteiger partial charge < -0.3 is 33.4 Å². The van der Waals surface area contributed by atoms with E-state index < -0.39 is 25.9 Å². The Hall–Kier alpha value is 0.651. The van der Waals surface area contributed by atoms with E-state index in [0.29, 0.717) is 0 Å². The van der Waals surface area contributed by atoms with E-state index in [1.165, 1.54) is 57.8 Å². The quantitative estimate of drug-likeness (QED) is 0.260. The molecular formula is C30H64O7SiTi. The molecule has 3 aliphatic carbocycles. The Kier molecular flexibility index (Phi) is 22.0. The molecule has 0 aromatic heterocycles. The summed E-state index contributed by atoms with van der Waals surface area (Å²) in [6.45, 7) is 16.8. The molecule has 0 saturated heterocycles. The minimum atomic E-state index is -3.66. The van der Waals surface area contributed by atoms with Crippen molar-refractivity contribution in [3.05, 3.63) is 0 Å². The van der Waals surface area contributed by atoms with E-state index in [1.807, 2.05) is 62.3 Å². The van der Waals surface area contributed by atoms with Crippen molar-refractivity contribution in [2.24, 2.45) is 0 Å². The van der Waals surface area contributed by atoms with Gasteiger partial charge in [-0.05, 0) is 101 Å². The van der Waals surface area contributed by atoms with Crippen LogP contribution >= 0.6 is 0 Å². The summed E-state index contributed by atoms with van der Waals surface area (Å²) in [6, 6.07) is 0. The first-order valence-corrected chi connectivity index (χ1v) is 16.8. The second-order valence-corrected chi connectivity index (χ2v) is 15.7. The van der Waals surface area contributed by atoms with Crippen LogP contribution in [0.1, 0.15) is 159 Å². The number of hydrogen-bond donors (Lipinski definition) is 4. The number of hydrogen-bond acceptors (Lipinski definition) is 7. The fraction of sp³-hybridized carbons (Fsp3) is 1.00. The van der Waals surface area contributed by atoms with Crippen LogP contribution in [0, 0.1) is 0 Å². The summed E-state index contributed by atoms with van der Waals surface area (Å²) < 4.78 is 16.9. The first-order chi connectivity index (χ1) is 17.3. The van der Waals surface area contributed by atoms with Crippen molar-refractivity contribution >= 4 is 9.05 Å². The normalized spacial score (nSPS) is 20.2. The largest absolute Gasteiger partial charge is 0.678 e. The second-order valence-electron chi connectivity index (χ2n) is 14.0. The Morgan fingerprint density at radius 1 is 0.436 bits per heavy atom. The molecule has 0 aromatic carbocycles. The smallest absolute Gasteiger partial charge is 0.393 e. The molecule has 3 aliphatic rings. The van der Waals surface area contributed by atoms with Gasteiger partial charge in [0.25, 0.3) is 0 Å². The van der Waals surface area contributed by atoms with E-state index in [9.17, 15) is 4.80 Å². The predicted octanol–water partition coefficient (Wildman–Crippen LogP) is 6.79. The maximum absolute atomic E-state index is 10.5. The van der Waals surface area contributed by atoms with Gasteiger partial charge in [-0.3, -0.25) is 0 Å². The van der Waals surface area contributed by atoms with Crippen LogP contribution < -0.4 is 0 Å². The molecule has 0 aliphatic heterocycles. The third kappa shape index (κ3) is 28.5. The standard InChI is InChI=1S/C12H28O4Si.3C6H12O.Ti/c1-10(2,3)14-17(13,15-11(4,5)6)16-12(7,8)9;3*7-6-4-2-1-3-5-6;/h13H,1-9H3;3*6-7H,1-5H2;. The van der Waals surface area contributed by atoms with Crippen molar-refractivity contribution in [2.75, 3.05) is 0 Å². The molecule has 0 amide bonds. The maximum atomic E-state index is 10.5. The van der Waals surface area contributed by atoms with Crippen LogP contribution in [0.25, 0.3) is 0 Å². The summed E-state index contributed by atoms with van der Waals surface area (Å²) in [5.74, 6) is 0. The Bertz CT molecular complexity index is 490. The van der Waals surface area contributed by atoms with Gasteiger partial charge in [0, 0.05) is 21.7 Å². The molecule has 0 unspecified atom stereocenters. The molecule has 0 heterocycles. The van der Waals surface area contributed by atoms with E-state index in [1.54, 1.807) is 0 Å². The van der Waals surface area contributed by atoms with Crippen molar-refractivity contribution in [3.8, 4) is 0 Å². The molecule has 0 aromatic rings. The van der Waals surface area contributed by atoms with E-state index >= 15 is 0 Å². The van der Waals surface area contributed by atoms with Crippen LogP contribution in [-0.2, 0) is 35.0 Å². The summed E-state index contributed by atoms with van der Waals surface area (Å²) in [5, 5.41) is 26.7. The third-order valence-electron chi connectivity index (χ3n) is 6.03. The zero-order valence-corrected chi connectivity index (χ0v) is 29.4. The molecule has 3 rings (SSSR count). The molecule has 4 N–H and O–H groups in total. The summed E-state index contributed by atoms with van der Waals surface area (Å²) in [5.41, 5.74) is -1.55. The molecule has 39 heavy (non-hydrogen) atoms. The molecule has 0 atom stereocenters. The maximum Gasteiger partial charge on any atom is 0.678 e. The van der Waals surface area contributed by atoms with Gasteiger partial charge in [0.2, 0.25) is 0 Å². The fourth-order valence-corrected chi connectivity index (χ4v) is 6.91. The first kappa shape index (κ1) is 41.8. The second kappa shape index (κ2) is 20.5. The molecule has 234 valence electrons. The summed E-state index contributed by atoms with van der Waals surface area (Å²) in [7, 11) is -3.66. The van der Waals surface area contributed by atoms with Gasteiger partial charge in [-0.2, -0.15) is 0 Å². The molecule has 3 saturated carbocycles. The van der Waals surface area contributed by atoms with Crippen LogP contribution in [0.2, 0.25) is 0 Å². The zero-order chi connectivity index (χ0) is 29.5. The zero-order valence-electron chi connectivity index (χ0n) is 26.9. The van der Waals surface area contributed by atoms with Gasteiger partial charge >= 0.3 is 9.05 Å². The van der Waals surface area contributed by atoms with Crippen molar-refractivity contribution in [1.29, 1.82) is 0 Å². The Morgan fingerprint density at radius 2 is 0.615 bits per heavy atom. The van der Waals surface area contributed by atoms with Crippen molar-refractivity contribution < 1.29 is 55.1 Å². The Labute approximate surface area is 257 Å². The fourth-order valence-electron chi connectivity index (χ4n) is 4.47. The predicted molar refractivity (Wildman–Crippen MR) is 158 cm³/mol. The minimum absolute atomic E-state index is 0. The van der Waals surface area contributed by atoms with Gasteiger partial charge in [-0.1, -0.05) is 57.8 Å². The van der Waals surface area contributed by atoms with Crippen LogP contribution in [0.15, 0.2) is 0 Å². The summed E-state index contributed by atoms with van der Waals surface area (Å²) >= 11 is 0. The Balaban J connectivity index is 0. The van der Waals surface area contributed by atoms with Gasteiger partial charge in [0.05, 0.1) is 35.1 Å². The van der Waals surface area contributed by atoms with E-state index in [0.717, 1.165) is 38.5 Å². The van der Waals surface area contributed by atoms with Gasteiger partial charge in [0.1, 0.15) is 0 Å². The molecular weight excluding hydrogens is 548 g/mol. The van der Waals surface area contributed by atoms with Gasteiger partial charge in [-0.25, -0.2) is 0 Å². The van der Waals surface area contributed by atoms with Crippen molar-refractivity contribution in [2.45, 2.75) is 194 Å². The summed E-state index contributed by atoms with van der Waals surface area (Å²) in [6.07, 6.45) is 17.8. The minimum Gasteiger partial charge on any atom is -0.393 e. The van der Waals surface area contributed by atoms with Crippen molar-refractivity contribution in [1.82, 2.24) is 0 Å².